The lowest BCUT2D eigenvalue weighted by Gasteiger charge is -2.25. The molecule has 5 heteroatoms. The number of fused-ring (bicyclic) bond motifs is 1. The molecule has 1 atom stereocenters. The minimum absolute atomic E-state index is 0.158. The van der Waals surface area contributed by atoms with E-state index in [1.54, 1.807) is 43.4 Å². The molecule has 0 aromatic heterocycles. The molecule has 0 fully saturated rings. The number of para-hydroxylation sites is 1. The van der Waals surface area contributed by atoms with E-state index >= 15 is 0 Å². The van der Waals surface area contributed by atoms with Crippen molar-refractivity contribution in [2.75, 3.05) is 23.4 Å². The summed E-state index contributed by atoms with van der Waals surface area (Å²) in [6, 6.07) is 22.0. The summed E-state index contributed by atoms with van der Waals surface area (Å²) in [7, 11) is 1.69. The van der Waals surface area contributed by atoms with Crippen molar-refractivity contribution in [3.8, 4) is 0 Å². The Labute approximate surface area is 176 Å². The number of amides is 2. The van der Waals surface area contributed by atoms with Crippen molar-refractivity contribution in [1.82, 2.24) is 0 Å². The molecule has 0 bridgehead atoms. The van der Waals surface area contributed by atoms with Crippen molar-refractivity contribution in [2.45, 2.75) is 19.4 Å². The first kappa shape index (κ1) is 19.9. The largest absolute Gasteiger partial charge is 0.372 e. The van der Waals surface area contributed by atoms with Gasteiger partial charge in [0.15, 0.2) is 5.60 Å². The number of nitrogens with zero attached hydrogens (tertiary/aromatic N) is 2. The molecule has 30 heavy (non-hydrogen) atoms. The Morgan fingerprint density at radius 1 is 0.967 bits per heavy atom. The molecule has 1 aliphatic heterocycles. The number of carbonyl (C=O) groups is 2. The Kier molecular flexibility index (Phi) is 4.92. The number of carbonyl (C=O) groups excluding carboxylic acids is 2. The van der Waals surface area contributed by atoms with Crippen molar-refractivity contribution in [1.29, 1.82) is 0 Å². The average Bonchev–Trinajstić information content (AvgIpc) is 2.96. The zero-order chi connectivity index (χ0) is 21.5. The van der Waals surface area contributed by atoms with Gasteiger partial charge in [0.2, 0.25) is 5.91 Å². The van der Waals surface area contributed by atoms with Crippen molar-refractivity contribution >= 4 is 23.2 Å². The third-order valence-corrected chi connectivity index (χ3v) is 5.63. The third-order valence-electron chi connectivity index (χ3n) is 5.63. The Morgan fingerprint density at radius 2 is 1.63 bits per heavy atom. The Hall–Kier alpha value is -3.44. The summed E-state index contributed by atoms with van der Waals surface area (Å²) in [6.07, 6.45) is 0. The van der Waals surface area contributed by atoms with Crippen LogP contribution in [0.25, 0.3) is 0 Å². The molecule has 5 nitrogen and oxygen atoms in total. The maximum Gasteiger partial charge on any atom is 0.268 e. The van der Waals surface area contributed by atoms with Gasteiger partial charge in [-0.05, 0) is 43.2 Å². The molecule has 0 saturated carbocycles. The van der Waals surface area contributed by atoms with Gasteiger partial charge in [0.25, 0.3) is 5.91 Å². The molecule has 0 aliphatic carbocycles. The molecule has 4 rings (SSSR count). The fraction of sp³-hybridized carbons (Fsp3) is 0.200. The van der Waals surface area contributed by atoms with E-state index in [-0.39, 0.29) is 12.5 Å². The fourth-order valence-corrected chi connectivity index (χ4v) is 3.96. The lowest BCUT2D eigenvalue weighted by molar-refractivity contribution is -0.133. The van der Waals surface area contributed by atoms with Crippen LogP contribution in [0.1, 0.15) is 22.3 Å². The second kappa shape index (κ2) is 7.43. The van der Waals surface area contributed by atoms with Gasteiger partial charge in [-0.2, -0.15) is 0 Å². The normalized spacial score (nSPS) is 17.7. The van der Waals surface area contributed by atoms with E-state index in [4.69, 9.17) is 0 Å². The molecule has 0 saturated heterocycles. The van der Waals surface area contributed by atoms with Crippen LogP contribution in [-0.4, -0.2) is 30.5 Å². The summed E-state index contributed by atoms with van der Waals surface area (Å²) in [6.45, 7) is 3.72. The molecule has 0 spiro atoms. The van der Waals surface area contributed by atoms with E-state index in [9.17, 15) is 14.7 Å². The van der Waals surface area contributed by atoms with E-state index in [1.807, 2.05) is 50.2 Å². The van der Waals surface area contributed by atoms with Gasteiger partial charge >= 0.3 is 0 Å². The zero-order valence-corrected chi connectivity index (χ0v) is 17.3. The van der Waals surface area contributed by atoms with Gasteiger partial charge in [-0.25, -0.2) is 0 Å². The van der Waals surface area contributed by atoms with Crippen LogP contribution in [0.4, 0.5) is 11.4 Å². The average molecular weight is 400 g/mol. The SMILES string of the molecule is Cc1cccc(N(C)C(=O)CN2C(=O)C(O)(c3cccc(C)c3)c3ccccc32)c1. The number of anilines is 2. The number of hydrogen-bond donors (Lipinski definition) is 1. The van der Waals surface area contributed by atoms with E-state index in [2.05, 4.69) is 0 Å². The first-order valence-corrected chi connectivity index (χ1v) is 9.86. The van der Waals surface area contributed by atoms with E-state index in [1.165, 1.54) is 9.80 Å². The second-order valence-corrected chi connectivity index (χ2v) is 7.78. The van der Waals surface area contributed by atoms with Crippen molar-refractivity contribution in [3.05, 3.63) is 95.1 Å². The first-order valence-electron chi connectivity index (χ1n) is 9.86. The summed E-state index contributed by atoms with van der Waals surface area (Å²) in [5.41, 5.74) is 2.48. The fourth-order valence-electron chi connectivity index (χ4n) is 3.96. The standard InChI is InChI=1S/C25H24N2O3/c1-17-8-6-10-19(14-17)25(30)21-12-4-5-13-22(21)27(24(25)29)16-23(28)26(3)20-11-7-9-18(2)15-20/h4-15,30H,16H2,1-3H3. The molecule has 1 N–H and O–H groups in total. The minimum Gasteiger partial charge on any atom is -0.372 e. The van der Waals surface area contributed by atoms with Gasteiger partial charge < -0.3 is 10.0 Å². The lowest BCUT2D eigenvalue weighted by Crippen LogP contribution is -2.45. The number of rotatable bonds is 4. The smallest absolute Gasteiger partial charge is 0.268 e. The van der Waals surface area contributed by atoms with Gasteiger partial charge in [0, 0.05) is 18.3 Å². The predicted molar refractivity (Wildman–Crippen MR) is 118 cm³/mol. The van der Waals surface area contributed by atoms with Gasteiger partial charge in [-0.3, -0.25) is 14.5 Å². The number of hydrogen-bond acceptors (Lipinski definition) is 3. The maximum atomic E-state index is 13.4. The summed E-state index contributed by atoms with van der Waals surface area (Å²) >= 11 is 0. The van der Waals surface area contributed by atoms with Crippen molar-refractivity contribution in [2.24, 2.45) is 0 Å². The monoisotopic (exact) mass is 400 g/mol. The molecule has 2 amide bonds. The van der Waals surface area contributed by atoms with Crippen LogP contribution in [0.15, 0.2) is 72.8 Å². The van der Waals surface area contributed by atoms with Crippen molar-refractivity contribution < 1.29 is 14.7 Å². The molecule has 1 heterocycles. The van der Waals surface area contributed by atoms with Crippen LogP contribution in [0.3, 0.4) is 0 Å². The van der Waals surface area contributed by atoms with Gasteiger partial charge in [0.1, 0.15) is 6.54 Å². The highest BCUT2D eigenvalue weighted by atomic mass is 16.3. The Balaban J connectivity index is 1.70. The highest BCUT2D eigenvalue weighted by Gasteiger charge is 2.51. The van der Waals surface area contributed by atoms with E-state index in [0.29, 0.717) is 16.8 Å². The van der Waals surface area contributed by atoms with Crippen LogP contribution >= 0.6 is 0 Å². The van der Waals surface area contributed by atoms with E-state index < -0.39 is 11.5 Å². The number of likely N-dealkylation sites (N-methyl/N-ethyl adjacent to an activating group) is 1. The topological polar surface area (TPSA) is 60.9 Å². The highest BCUT2D eigenvalue weighted by molar-refractivity contribution is 6.12. The number of aliphatic hydroxyl groups is 1. The van der Waals surface area contributed by atoms with Gasteiger partial charge in [-0.15, -0.1) is 0 Å². The Bertz CT molecular complexity index is 1140. The summed E-state index contributed by atoms with van der Waals surface area (Å²) in [5.74, 6) is -0.752. The zero-order valence-electron chi connectivity index (χ0n) is 17.3. The lowest BCUT2D eigenvalue weighted by atomic mass is 9.87. The second-order valence-electron chi connectivity index (χ2n) is 7.78. The van der Waals surface area contributed by atoms with Crippen LogP contribution in [0.2, 0.25) is 0 Å². The predicted octanol–water partition coefficient (Wildman–Crippen LogP) is 3.55. The highest BCUT2D eigenvalue weighted by Crippen LogP contribution is 2.44. The van der Waals surface area contributed by atoms with Crippen LogP contribution in [0, 0.1) is 13.8 Å². The van der Waals surface area contributed by atoms with Crippen LogP contribution in [-0.2, 0) is 15.2 Å². The van der Waals surface area contributed by atoms with Gasteiger partial charge in [-0.1, -0.05) is 60.2 Å². The summed E-state index contributed by atoms with van der Waals surface area (Å²) in [4.78, 5) is 29.4. The molecule has 3 aromatic carbocycles. The summed E-state index contributed by atoms with van der Waals surface area (Å²) in [5, 5.41) is 11.6. The minimum atomic E-state index is -1.81. The third kappa shape index (κ3) is 3.17. The number of benzene rings is 3. The molecular formula is C25H24N2O3. The molecule has 1 aliphatic rings. The van der Waals surface area contributed by atoms with Gasteiger partial charge in [0.05, 0.1) is 5.69 Å². The van der Waals surface area contributed by atoms with Crippen LogP contribution < -0.4 is 9.80 Å². The first-order chi connectivity index (χ1) is 14.3. The van der Waals surface area contributed by atoms with Crippen molar-refractivity contribution in [3.63, 3.8) is 0 Å². The number of aryl methyl sites for hydroxylation is 2. The molecule has 0 radical (unpaired) electrons. The van der Waals surface area contributed by atoms with E-state index in [0.717, 1.165) is 16.8 Å². The summed E-state index contributed by atoms with van der Waals surface area (Å²) < 4.78 is 0. The molecule has 152 valence electrons. The molecule has 1 unspecified atom stereocenters. The quantitative estimate of drug-likeness (QED) is 0.729. The Morgan fingerprint density at radius 3 is 2.33 bits per heavy atom. The maximum absolute atomic E-state index is 13.4. The molecule has 3 aromatic rings. The molecular weight excluding hydrogens is 376 g/mol. The van der Waals surface area contributed by atoms with Crippen LogP contribution in [0.5, 0.6) is 0 Å².